The minimum Gasteiger partial charge on any atom is -0.475 e. The zero-order chi connectivity index (χ0) is 17.9. The Morgan fingerprint density at radius 1 is 1.36 bits per heavy atom. The second kappa shape index (κ2) is 7.51. The summed E-state index contributed by atoms with van der Waals surface area (Å²) >= 11 is 1.58. The lowest BCUT2D eigenvalue weighted by Crippen LogP contribution is -2.45. The van der Waals surface area contributed by atoms with Crippen molar-refractivity contribution in [3.8, 4) is 5.88 Å². The summed E-state index contributed by atoms with van der Waals surface area (Å²) in [5.74, 6) is 0.374. The van der Waals surface area contributed by atoms with E-state index in [4.69, 9.17) is 14.2 Å². The summed E-state index contributed by atoms with van der Waals surface area (Å²) in [5.41, 5.74) is -0.136. The highest BCUT2D eigenvalue weighted by Crippen LogP contribution is 2.34. The maximum atomic E-state index is 12.6. The van der Waals surface area contributed by atoms with E-state index in [2.05, 4.69) is 10.3 Å². The maximum absolute atomic E-state index is 12.6. The predicted octanol–water partition coefficient (Wildman–Crippen LogP) is 3.62. The fourth-order valence-electron chi connectivity index (χ4n) is 2.38. The Balaban J connectivity index is 1.57. The van der Waals surface area contributed by atoms with Crippen molar-refractivity contribution < 1.29 is 19.0 Å². The number of amides is 1. The largest absolute Gasteiger partial charge is 0.475 e. The Morgan fingerprint density at radius 2 is 2.12 bits per heavy atom. The van der Waals surface area contributed by atoms with Crippen molar-refractivity contribution in [2.24, 2.45) is 5.41 Å². The van der Waals surface area contributed by atoms with Crippen molar-refractivity contribution in [1.29, 1.82) is 0 Å². The molecule has 6 nitrogen and oxygen atoms in total. The van der Waals surface area contributed by atoms with Gasteiger partial charge < -0.3 is 19.5 Å². The highest BCUT2D eigenvalue weighted by molar-refractivity contribution is 7.10. The minimum atomic E-state index is -0.749. The molecule has 0 atom stereocenters. The summed E-state index contributed by atoms with van der Waals surface area (Å²) < 4.78 is 17.0. The maximum Gasteiger partial charge on any atom is 0.235 e. The molecule has 2 aromatic heterocycles. The molecule has 0 radical (unpaired) electrons. The van der Waals surface area contributed by atoms with E-state index in [0.717, 1.165) is 4.88 Å². The van der Waals surface area contributed by atoms with Crippen LogP contribution in [0, 0.1) is 5.41 Å². The third-order valence-electron chi connectivity index (χ3n) is 3.78. The first-order valence-electron chi connectivity index (χ1n) is 8.17. The van der Waals surface area contributed by atoms with E-state index in [1.54, 1.807) is 29.7 Å². The standard InChI is InChI=1S/C18H22N2O4S/c1-12(2)24-15-7-6-13(9-19-15)20-17(21)18(3)10-22-16(23-11-18)14-5-4-8-25-14/h4-9,12,16H,10-11H2,1-3H3,(H,20,21). The monoisotopic (exact) mass is 362 g/mol. The molecule has 1 N–H and O–H groups in total. The second-order valence-corrected chi connectivity index (χ2v) is 7.52. The van der Waals surface area contributed by atoms with E-state index in [9.17, 15) is 4.79 Å². The van der Waals surface area contributed by atoms with Gasteiger partial charge in [0.05, 0.1) is 41.5 Å². The predicted molar refractivity (Wildman–Crippen MR) is 95.7 cm³/mol. The molecule has 0 saturated carbocycles. The van der Waals surface area contributed by atoms with Gasteiger partial charge in [0, 0.05) is 6.07 Å². The Hall–Kier alpha value is -1.96. The van der Waals surface area contributed by atoms with Crippen LogP contribution in [0.4, 0.5) is 5.69 Å². The molecule has 1 aliphatic heterocycles. The second-order valence-electron chi connectivity index (χ2n) is 6.54. The van der Waals surface area contributed by atoms with Crippen LogP contribution in [0.25, 0.3) is 0 Å². The number of carbonyl (C=O) groups is 1. The highest BCUT2D eigenvalue weighted by atomic mass is 32.1. The molecular formula is C18H22N2O4S. The van der Waals surface area contributed by atoms with Crippen molar-refractivity contribution in [3.05, 3.63) is 40.7 Å². The number of nitrogens with one attached hydrogen (secondary N) is 1. The molecule has 1 aliphatic rings. The lowest BCUT2D eigenvalue weighted by molar-refractivity contribution is -0.225. The third kappa shape index (κ3) is 4.36. The van der Waals surface area contributed by atoms with Crippen LogP contribution >= 0.6 is 11.3 Å². The van der Waals surface area contributed by atoms with Crippen LogP contribution in [0.2, 0.25) is 0 Å². The summed E-state index contributed by atoms with van der Waals surface area (Å²) in [5, 5.41) is 4.84. The zero-order valence-electron chi connectivity index (χ0n) is 14.5. The number of hydrogen-bond acceptors (Lipinski definition) is 6. The van der Waals surface area contributed by atoms with Gasteiger partial charge in [0.1, 0.15) is 0 Å². The first-order valence-corrected chi connectivity index (χ1v) is 9.05. The molecule has 1 amide bonds. The SMILES string of the molecule is CC(C)Oc1ccc(NC(=O)C2(C)COC(c3cccs3)OC2)cn1. The van der Waals surface area contributed by atoms with Gasteiger partial charge in [0.25, 0.3) is 0 Å². The van der Waals surface area contributed by atoms with E-state index in [0.29, 0.717) is 24.8 Å². The van der Waals surface area contributed by atoms with Crippen molar-refractivity contribution in [3.63, 3.8) is 0 Å². The van der Waals surface area contributed by atoms with Crippen molar-refractivity contribution in [2.75, 3.05) is 18.5 Å². The molecule has 1 saturated heterocycles. The number of thiophene rings is 1. The van der Waals surface area contributed by atoms with Gasteiger partial charge in [-0.1, -0.05) is 6.07 Å². The fourth-order valence-corrected chi connectivity index (χ4v) is 3.10. The average molecular weight is 362 g/mol. The number of hydrogen-bond donors (Lipinski definition) is 1. The summed E-state index contributed by atoms with van der Waals surface area (Å²) in [6.45, 7) is 6.29. The quantitative estimate of drug-likeness (QED) is 0.880. The van der Waals surface area contributed by atoms with Crippen LogP contribution in [0.5, 0.6) is 5.88 Å². The van der Waals surface area contributed by atoms with Gasteiger partial charge in [-0.05, 0) is 38.3 Å². The molecule has 7 heteroatoms. The number of nitrogens with zero attached hydrogens (tertiary/aromatic N) is 1. The molecule has 0 spiro atoms. The van der Waals surface area contributed by atoms with Crippen LogP contribution in [0.1, 0.15) is 31.9 Å². The summed E-state index contributed by atoms with van der Waals surface area (Å²) in [6, 6.07) is 7.42. The average Bonchev–Trinajstić information content (AvgIpc) is 3.11. The van der Waals surface area contributed by atoms with Crippen molar-refractivity contribution in [2.45, 2.75) is 33.2 Å². The van der Waals surface area contributed by atoms with E-state index in [-0.39, 0.29) is 12.0 Å². The van der Waals surface area contributed by atoms with Gasteiger partial charge in [0.15, 0.2) is 6.29 Å². The van der Waals surface area contributed by atoms with E-state index < -0.39 is 11.7 Å². The molecule has 0 unspecified atom stereocenters. The zero-order valence-corrected chi connectivity index (χ0v) is 15.3. The number of rotatable bonds is 5. The van der Waals surface area contributed by atoms with E-state index in [1.807, 2.05) is 38.3 Å². The molecular weight excluding hydrogens is 340 g/mol. The van der Waals surface area contributed by atoms with Gasteiger partial charge in [0.2, 0.25) is 11.8 Å². The van der Waals surface area contributed by atoms with Crippen molar-refractivity contribution >= 4 is 22.9 Å². The number of aromatic nitrogens is 1. The van der Waals surface area contributed by atoms with E-state index >= 15 is 0 Å². The third-order valence-corrected chi connectivity index (χ3v) is 4.67. The topological polar surface area (TPSA) is 69.7 Å². The number of ether oxygens (including phenoxy) is 3. The molecule has 2 aromatic rings. The molecule has 3 rings (SSSR count). The molecule has 0 aromatic carbocycles. The van der Waals surface area contributed by atoms with Gasteiger partial charge in [-0.15, -0.1) is 11.3 Å². The number of carbonyl (C=O) groups excluding carboxylic acids is 1. The number of anilines is 1. The summed E-state index contributed by atoms with van der Waals surface area (Å²) in [4.78, 5) is 17.8. The van der Waals surface area contributed by atoms with Gasteiger partial charge >= 0.3 is 0 Å². The van der Waals surface area contributed by atoms with Crippen LogP contribution < -0.4 is 10.1 Å². The lowest BCUT2D eigenvalue weighted by Gasteiger charge is -2.35. The Labute approximate surface area is 151 Å². The highest BCUT2D eigenvalue weighted by Gasteiger charge is 2.40. The number of pyridine rings is 1. The van der Waals surface area contributed by atoms with Gasteiger partial charge in [-0.25, -0.2) is 4.98 Å². The summed E-state index contributed by atoms with van der Waals surface area (Å²) in [6.07, 6.45) is 1.24. The Morgan fingerprint density at radius 3 is 2.68 bits per heavy atom. The first kappa shape index (κ1) is 17.8. The van der Waals surface area contributed by atoms with E-state index in [1.165, 1.54) is 0 Å². The van der Waals surface area contributed by atoms with Gasteiger partial charge in [-0.3, -0.25) is 4.79 Å². The molecule has 1 fully saturated rings. The minimum absolute atomic E-state index is 0.0553. The van der Waals surface area contributed by atoms with Gasteiger partial charge in [-0.2, -0.15) is 0 Å². The fraction of sp³-hybridized carbons (Fsp3) is 0.444. The smallest absolute Gasteiger partial charge is 0.235 e. The van der Waals surface area contributed by atoms with Crippen LogP contribution in [0.15, 0.2) is 35.8 Å². The summed E-state index contributed by atoms with van der Waals surface area (Å²) in [7, 11) is 0. The first-order chi connectivity index (χ1) is 12.0. The van der Waals surface area contributed by atoms with Crippen LogP contribution in [-0.2, 0) is 14.3 Å². The molecule has 0 aliphatic carbocycles. The lowest BCUT2D eigenvalue weighted by atomic mass is 9.91. The molecule has 0 bridgehead atoms. The molecule has 134 valence electrons. The van der Waals surface area contributed by atoms with Crippen LogP contribution in [-0.4, -0.2) is 30.2 Å². The normalized spacial score (nSPS) is 23.4. The Bertz CT molecular complexity index is 692. The Kier molecular flexibility index (Phi) is 5.36. The van der Waals surface area contributed by atoms with Crippen LogP contribution in [0.3, 0.4) is 0 Å². The molecule has 3 heterocycles. The van der Waals surface area contributed by atoms with Crippen molar-refractivity contribution in [1.82, 2.24) is 4.98 Å². The molecule has 25 heavy (non-hydrogen) atoms.